The van der Waals surface area contributed by atoms with Gasteiger partial charge in [-0.2, -0.15) is 0 Å². The van der Waals surface area contributed by atoms with Crippen LogP contribution >= 0.6 is 0 Å². The molecule has 0 radical (unpaired) electrons. The Bertz CT molecular complexity index is 545. The fraction of sp³-hybridized carbons (Fsp3) is 0.200. The van der Waals surface area contributed by atoms with Gasteiger partial charge in [-0.25, -0.2) is 0 Å². The van der Waals surface area contributed by atoms with Crippen molar-refractivity contribution in [2.75, 3.05) is 0 Å². The summed E-state index contributed by atoms with van der Waals surface area (Å²) in [4.78, 5) is 0. The number of aryl methyl sites for hydroxylation is 2. The maximum atomic E-state index is 9.75. The Morgan fingerprint density at radius 1 is 0.941 bits per heavy atom. The molecule has 0 aliphatic carbocycles. The minimum atomic E-state index is 0.272. The lowest BCUT2D eigenvalue weighted by Gasteiger charge is -2.12. The maximum Gasteiger partial charge on any atom is 0.134 e. The van der Waals surface area contributed by atoms with Gasteiger partial charge in [0.2, 0.25) is 0 Å². The molecule has 2 rings (SSSR count). The van der Waals surface area contributed by atoms with Crippen LogP contribution in [0.15, 0.2) is 36.4 Å². The first-order valence-electron chi connectivity index (χ1n) is 5.61. The Balaban J connectivity index is 2.40. The third-order valence-corrected chi connectivity index (χ3v) is 2.79. The highest BCUT2D eigenvalue weighted by atomic mass is 16.5. The fourth-order valence-corrected chi connectivity index (χ4v) is 1.70. The molecule has 2 aromatic carbocycles. The zero-order chi connectivity index (χ0) is 12.4. The highest BCUT2D eigenvalue weighted by Crippen LogP contribution is 2.33. The van der Waals surface area contributed by atoms with Crippen LogP contribution in [0.1, 0.15) is 16.7 Å². The Morgan fingerprint density at radius 2 is 1.65 bits per heavy atom. The zero-order valence-electron chi connectivity index (χ0n) is 10.3. The van der Waals surface area contributed by atoms with Gasteiger partial charge in [-0.15, -0.1) is 0 Å². The van der Waals surface area contributed by atoms with Crippen molar-refractivity contribution in [2.45, 2.75) is 20.8 Å². The molecule has 0 aromatic heterocycles. The lowest BCUT2D eigenvalue weighted by atomic mass is 10.1. The van der Waals surface area contributed by atoms with Crippen molar-refractivity contribution in [3.8, 4) is 17.2 Å². The lowest BCUT2D eigenvalue weighted by molar-refractivity contribution is 0.446. The Labute approximate surface area is 101 Å². The topological polar surface area (TPSA) is 29.5 Å². The highest BCUT2D eigenvalue weighted by Gasteiger charge is 2.08. The molecule has 0 aliphatic rings. The van der Waals surface area contributed by atoms with Crippen molar-refractivity contribution in [3.05, 3.63) is 53.1 Å². The molecular formula is C15H16O2. The number of phenols is 1. The maximum absolute atomic E-state index is 9.75. The van der Waals surface area contributed by atoms with Crippen LogP contribution in [-0.2, 0) is 0 Å². The molecule has 1 N–H and O–H groups in total. The number of para-hydroxylation sites is 1. The van der Waals surface area contributed by atoms with Crippen LogP contribution in [0.25, 0.3) is 0 Å². The first-order chi connectivity index (χ1) is 8.08. The van der Waals surface area contributed by atoms with E-state index in [4.69, 9.17) is 4.74 Å². The SMILES string of the molecule is Cc1cc(O)c(C)c(Oc2ccccc2C)c1. The van der Waals surface area contributed by atoms with E-state index in [1.165, 1.54) is 0 Å². The second-order valence-corrected chi connectivity index (χ2v) is 4.27. The summed E-state index contributed by atoms with van der Waals surface area (Å²) in [7, 11) is 0. The van der Waals surface area contributed by atoms with E-state index in [1.807, 2.05) is 51.1 Å². The van der Waals surface area contributed by atoms with Crippen LogP contribution in [0, 0.1) is 20.8 Å². The van der Waals surface area contributed by atoms with Gasteiger partial charge in [-0.05, 0) is 50.1 Å². The zero-order valence-corrected chi connectivity index (χ0v) is 10.3. The van der Waals surface area contributed by atoms with Crippen LogP contribution in [-0.4, -0.2) is 5.11 Å². The van der Waals surface area contributed by atoms with E-state index in [-0.39, 0.29) is 5.75 Å². The molecule has 2 heteroatoms. The smallest absolute Gasteiger partial charge is 0.134 e. The number of hydrogen-bond acceptors (Lipinski definition) is 2. The Morgan fingerprint density at radius 3 is 2.35 bits per heavy atom. The summed E-state index contributed by atoms with van der Waals surface area (Å²) >= 11 is 0. The Hall–Kier alpha value is -1.96. The number of hydrogen-bond donors (Lipinski definition) is 1. The van der Waals surface area contributed by atoms with E-state index in [2.05, 4.69) is 0 Å². The molecule has 0 saturated carbocycles. The summed E-state index contributed by atoms with van der Waals surface area (Å²) in [6.45, 7) is 5.78. The molecule has 0 heterocycles. The average molecular weight is 228 g/mol. The molecular weight excluding hydrogens is 212 g/mol. The van der Waals surface area contributed by atoms with E-state index >= 15 is 0 Å². The van der Waals surface area contributed by atoms with Crippen LogP contribution in [0.2, 0.25) is 0 Å². The number of aromatic hydroxyl groups is 1. The van der Waals surface area contributed by atoms with Gasteiger partial charge in [0.25, 0.3) is 0 Å². The van der Waals surface area contributed by atoms with E-state index in [0.29, 0.717) is 5.75 Å². The van der Waals surface area contributed by atoms with Crippen LogP contribution in [0.4, 0.5) is 0 Å². The first-order valence-corrected chi connectivity index (χ1v) is 5.61. The molecule has 2 nitrogen and oxygen atoms in total. The van der Waals surface area contributed by atoms with Crippen molar-refractivity contribution in [3.63, 3.8) is 0 Å². The summed E-state index contributed by atoms with van der Waals surface area (Å²) in [6, 6.07) is 11.5. The van der Waals surface area contributed by atoms with Gasteiger partial charge >= 0.3 is 0 Å². The normalized spacial score (nSPS) is 10.3. The molecule has 0 amide bonds. The molecule has 17 heavy (non-hydrogen) atoms. The monoisotopic (exact) mass is 228 g/mol. The fourth-order valence-electron chi connectivity index (χ4n) is 1.70. The minimum absolute atomic E-state index is 0.272. The molecule has 0 fully saturated rings. The van der Waals surface area contributed by atoms with Crippen LogP contribution in [0.3, 0.4) is 0 Å². The van der Waals surface area contributed by atoms with E-state index < -0.39 is 0 Å². The second-order valence-electron chi connectivity index (χ2n) is 4.27. The largest absolute Gasteiger partial charge is 0.508 e. The molecule has 0 spiro atoms. The van der Waals surface area contributed by atoms with Crippen molar-refractivity contribution < 1.29 is 9.84 Å². The van der Waals surface area contributed by atoms with E-state index in [0.717, 1.165) is 22.4 Å². The molecule has 0 bridgehead atoms. The lowest BCUT2D eigenvalue weighted by Crippen LogP contribution is -1.91. The van der Waals surface area contributed by atoms with Gasteiger partial charge in [0.1, 0.15) is 17.2 Å². The first kappa shape index (κ1) is 11.5. The summed E-state index contributed by atoms with van der Waals surface area (Å²) in [6.07, 6.45) is 0. The average Bonchev–Trinajstić information content (AvgIpc) is 2.28. The molecule has 0 unspecified atom stereocenters. The standard InChI is InChI=1S/C15H16O2/c1-10-8-13(16)12(3)15(9-10)17-14-7-5-4-6-11(14)2/h4-9,16H,1-3H3. The molecule has 0 aliphatic heterocycles. The van der Waals surface area contributed by atoms with Gasteiger partial charge in [0, 0.05) is 5.56 Å². The van der Waals surface area contributed by atoms with Gasteiger partial charge < -0.3 is 9.84 Å². The third-order valence-electron chi connectivity index (χ3n) is 2.79. The summed E-state index contributed by atoms with van der Waals surface area (Å²) in [5.74, 6) is 1.80. The van der Waals surface area contributed by atoms with Gasteiger partial charge in [-0.1, -0.05) is 18.2 Å². The number of rotatable bonds is 2. The predicted octanol–water partition coefficient (Wildman–Crippen LogP) is 4.11. The van der Waals surface area contributed by atoms with Gasteiger partial charge in [0.15, 0.2) is 0 Å². The van der Waals surface area contributed by atoms with Crippen LogP contribution in [0.5, 0.6) is 17.2 Å². The van der Waals surface area contributed by atoms with Crippen molar-refractivity contribution in [1.29, 1.82) is 0 Å². The molecule has 2 aromatic rings. The second kappa shape index (κ2) is 4.50. The highest BCUT2D eigenvalue weighted by molar-refractivity contribution is 5.48. The van der Waals surface area contributed by atoms with Gasteiger partial charge in [0.05, 0.1) is 0 Å². The summed E-state index contributed by atoms with van der Waals surface area (Å²) < 4.78 is 5.84. The van der Waals surface area contributed by atoms with E-state index in [1.54, 1.807) is 6.07 Å². The summed E-state index contributed by atoms with van der Waals surface area (Å²) in [5, 5.41) is 9.75. The predicted molar refractivity (Wildman–Crippen MR) is 68.8 cm³/mol. The molecule has 0 saturated heterocycles. The Kier molecular flexibility index (Phi) is 3.05. The summed E-state index contributed by atoms with van der Waals surface area (Å²) in [5.41, 5.74) is 2.82. The van der Waals surface area contributed by atoms with Crippen molar-refractivity contribution >= 4 is 0 Å². The number of ether oxygens (including phenoxy) is 1. The van der Waals surface area contributed by atoms with Crippen molar-refractivity contribution in [1.82, 2.24) is 0 Å². The van der Waals surface area contributed by atoms with Crippen molar-refractivity contribution in [2.24, 2.45) is 0 Å². The third kappa shape index (κ3) is 2.41. The number of benzene rings is 2. The number of phenolic OH excluding ortho intramolecular Hbond substituents is 1. The minimum Gasteiger partial charge on any atom is -0.508 e. The van der Waals surface area contributed by atoms with E-state index in [9.17, 15) is 5.11 Å². The molecule has 88 valence electrons. The quantitative estimate of drug-likeness (QED) is 0.838. The van der Waals surface area contributed by atoms with Gasteiger partial charge in [-0.3, -0.25) is 0 Å². The van der Waals surface area contributed by atoms with Crippen LogP contribution < -0.4 is 4.74 Å². The molecule has 0 atom stereocenters.